The zero-order valence-electron chi connectivity index (χ0n) is 13.2. The number of hydrogen-bond donors (Lipinski definition) is 1. The zero-order chi connectivity index (χ0) is 16.8. The highest BCUT2D eigenvalue weighted by molar-refractivity contribution is 5.33. The molecule has 1 atom stereocenters. The second-order valence-corrected chi connectivity index (χ2v) is 5.70. The van der Waals surface area contributed by atoms with E-state index in [1.807, 2.05) is 6.07 Å². The van der Waals surface area contributed by atoms with E-state index in [0.717, 1.165) is 37.4 Å². The molecule has 1 aromatic carbocycles. The van der Waals surface area contributed by atoms with Gasteiger partial charge in [0, 0.05) is 43.6 Å². The molecule has 0 bridgehead atoms. The Hall–Kier alpha value is -2.28. The van der Waals surface area contributed by atoms with Crippen molar-refractivity contribution in [1.29, 1.82) is 0 Å². The van der Waals surface area contributed by atoms with Crippen molar-refractivity contribution in [2.24, 2.45) is 0 Å². The Morgan fingerprint density at radius 3 is 2.79 bits per heavy atom. The van der Waals surface area contributed by atoms with Gasteiger partial charge in [-0.2, -0.15) is 8.78 Å². The Labute approximate surface area is 139 Å². The van der Waals surface area contributed by atoms with Crippen LogP contribution in [-0.2, 0) is 6.54 Å². The summed E-state index contributed by atoms with van der Waals surface area (Å²) in [7, 11) is 0. The van der Waals surface area contributed by atoms with Crippen LogP contribution in [0.3, 0.4) is 0 Å². The number of alkyl halides is 2. The molecule has 3 rings (SSSR count). The fourth-order valence-corrected chi connectivity index (χ4v) is 2.90. The van der Waals surface area contributed by atoms with Crippen molar-refractivity contribution in [1.82, 2.24) is 15.3 Å². The van der Waals surface area contributed by atoms with Crippen molar-refractivity contribution in [2.45, 2.75) is 32.0 Å². The second-order valence-electron chi connectivity index (χ2n) is 5.70. The number of nitrogens with zero attached hydrogens (tertiary/aromatic N) is 3. The third-order valence-electron chi connectivity index (χ3n) is 4.03. The molecule has 1 saturated heterocycles. The van der Waals surface area contributed by atoms with Crippen LogP contribution in [0.15, 0.2) is 42.7 Å². The molecule has 24 heavy (non-hydrogen) atoms. The summed E-state index contributed by atoms with van der Waals surface area (Å²) >= 11 is 0. The first-order chi connectivity index (χ1) is 11.7. The summed E-state index contributed by atoms with van der Waals surface area (Å²) in [6, 6.07) is 8.92. The molecule has 1 aliphatic rings. The van der Waals surface area contributed by atoms with E-state index in [1.54, 1.807) is 36.7 Å². The molecular weight excluding hydrogens is 314 g/mol. The molecule has 0 unspecified atom stereocenters. The molecule has 128 valence electrons. The predicted octanol–water partition coefficient (Wildman–Crippen LogP) is 2.84. The van der Waals surface area contributed by atoms with Crippen LogP contribution in [-0.4, -0.2) is 35.7 Å². The number of piperidine rings is 1. The number of hydrogen-bond acceptors (Lipinski definition) is 5. The van der Waals surface area contributed by atoms with Crippen LogP contribution in [0.2, 0.25) is 0 Å². The smallest absolute Gasteiger partial charge is 0.387 e. The van der Waals surface area contributed by atoms with Crippen LogP contribution in [0, 0.1) is 0 Å². The third kappa shape index (κ3) is 4.38. The molecule has 1 aromatic heterocycles. The van der Waals surface area contributed by atoms with Gasteiger partial charge < -0.3 is 15.0 Å². The molecule has 0 spiro atoms. The molecule has 1 fully saturated rings. The normalized spacial score (nSPS) is 18.0. The highest BCUT2D eigenvalue weighted by Gasteiger charge is 2.21. The number of benzene rings is 1. The Balaban J connectivity index is 1.59. The lowest BCUT2D eigenvalue weighted by molar-refractivity contribution is -0.0505. The van der Waals surface area contributed by atoms with Gasteiger partial charge in [0.2, 0.25) is 5.95 Å². The lowest BCUT2D eigenvalue weighted by Gasteiger charge is -2.33. The molecule has 7 heteroatoms. The summed E-state index contributed by atoms with van der Waals surface area (Å²) in [6.45, 7) is -0.613. The van der Waals surface area contributed by atoms with E-state index in [1.165, 1.54) is 0 Å². The van der Waals surface area contributed by atoms with Crippen LogP contribution in [0.1, 0.15) is 18.4 Å². The average molecular weight is 334 g/mol. The minimum absolute atomic E-state index is 0.221. The number of ether oxygens (including phenoxy) is 1. The van der Waals surface area contributed by atoms with E-state index in [4.69, 9.17) is 0 Å². The van der Waals surface area contributed by atoms with Gasteiger partial charge in [-0.25, -0.2) is 9.97 Å². The molecule has 1 N–H and O–H groups in total. The van der Waals surface area contributed by atoms with Crippen LogP contribution in [0.5, 0.6) is 5.75 Å². The highest BCUT2D eigenvalue weighted by atomic mass is 19.3. The van der Waals surface area contributed by atoms with Gasteiger partial charge in [-0.05, 0) is 25.0 Å². The summed E-state index contributed by atoms with van der Waals surface area (Å²) in [5.74, 6) is 0.949. The van der Waals surface area contributed by atoms with Gasteiger partial charge in [0.15, 0.2) is 0 Å². The Morgan fingerprint density at radius 2 is 2.00 bits per heavy atom. The largest absolute Gasteiger partial charge is 0.434 e. The third-order valence-corrected chi connectivity index (χ3v) is 4.03. The van der Waals surface area contributed by atoms with E-state index in [-0.39, 0.29) is 11.8 Å². The number of para-hydroxylation sites is 1. The molecule has 5 nitrogen and oxygen atoms in total. The van der Waals surface area contributed by atoms with Crippen molar-refractivity contribution in [3.05, 3.63) is 48.3 Å². The zero-order valence-corrected chi connectivity index (χ0v) is 13.2. The summed E-state index contributed by atoms with van der Waals surface area (Å²) in [5, 5.41) is 3.43. The highest BCUT2D eigenvalue weighted by Crippen LogP contribution is 2.21. The summed E-state index contributed by atoms with van der Waals surface area (Å²) in [5.41, 5.74) is 0.728. The Bertz CT molecular complexity index is 641. The van der Waals surface area contributed by atoms with Crippen molar-refractivity contribution >= 4 is 5.95 Å². The van der Waals surface area contributed by atoms with Gasteiger partial charge >= 0.3 is 6.61 Å². The molecule has 2 heterocycles. The first kappa shape index (κ1) is 16.6. The molecule has 0 aliphatic carbocycles. The van der Waals surface area contributed by atoms with E-state index in [2.05, 4.69) is 24.9 Å². The Kier molecular flexibility index (Phi) is 5.53. The minimum atomic E-state index is -2.81. The van der Waals surface area contributed by atoms with Crippen LogP contribution >= 0.6 is 0 Å². The minimum Gasteiger partial charge on any atom is -0.434 e. The number of halogens is 2. The van der Waals surface area contributed by atoms with E-state index in [9.17, 15) is 8.78 Å². The number of nitrogens with one attached hydrogen (secondary N) is 1. The number of anilines is 1. The standard InChI is InChI=1S/C17H20F2N4O/c18-16(19)24-15-7-2-1-5-13(15)11-22-14-6-3-10-23(12-14)17-20-8-4-9-21-17/h1-2,4-5,7-9,14,16,22H,3,6,10-12H2/t14-/m0/s1. The van der Waals surface area contributed by atoms with Crippen LogP contribution in [0.4, 0.5) is 14.7 Å². The van der Waals surface area contributed by atoms with E-state index >= 15 is 0 Å². The van der Waals surface area contributed by atoms with Gasteiger partial charge in [0.1, 0.15) is 5.75 Å². The molecule has 0 amide bonds. The first-order valence-electron chi connectivity index (χ1n) is 8.00. The Morgan fingerprint density at radius 1 is 1.21 bits per heavy atom. The molecular formula is C17H20F2N4O. The number of aromatic nitrogens is 2. The molecule has 0 saturated carbocycles. The first-order valence-corrected chi connectivity index (χ1v) is 8.00. The predicted molar refractivity (Wildman–Crippen MR) is 87.2 cm³/mol. The van der Waals surface area contributed by atoms with Gasteiger partial charge in [-0.3, -0.25) is 0 Å². The SMILES string of the molecule is FC(F)Oc1ccccc1CN[C@H]1CCCN(c2ncccn2)C1. The summed E-state index contributed by atoms with van der Waals surface area (Å²) < 4.78 is 29.5. The fraction of sp³-hybridized carbons (Fsp3) is 0.412. The second kappa shape index (κ2) is 8.01. The maximum Gasteiger partial charge on any atom is 0.387 e. The van der Waals surface area contributed by atoms with Crippen LogP contribution < -0.4 is 15.0 Å². The fourth-order valence-electron chi connectivity index (χ4n) is 2.90. The quantitative estimate of drug-likeness (QED) is 0.880. The van der Waals surface area contributed by atoms with Crippen molar-refractivity contribution in [2.75, 3.05) is 18.0 Å². The van der Waals surface area contributed by atoms with Gasteiger partial charge in [0.25, 0.3) is 0 Å². The maximum absolute atomic E-state index is 12.5. The lowest BCUT2D eigenvalue weighted by atomic mass is 10.1. The van der Waals surface area contributed by atoms with Crippen molar-refractivity contribution < 1.29 is 13.5 Å². The topological polar surface area (TPSA) is 50.3 Å². The summed E-state index contributed by atoms with van der Waals surface area (Å²) in [6.07, 6.45) is 5.53. The lowest BCUT2D eigenvalue weighted by Crippen LogP contribution is -2.46. The van der Waals surface area contributed by atoms with Gasteiger partial charge in [-0.1, -0.05) is 18.2 Å². The maximum atomic E-state index is 12.5. The molecule has 1 aliphatic heterocycles. The monoisotopic (exact) mass is 334 g/mol. The van der Waals surface area contributed by atoms with Gasteiger partial charge in [0.05, 0.1) is 0 Å². The number of rotatable bonds is 6. The van der Waals surface area contributed by atoms with Crippen LogP contribution in [0.25, 0.3) is 0 Å². The van der Waals surface area contributed by atoms with E-state index < -0.39 is 6.61 Å². The van der Waals surface area contributed by atoms with Crippen molar-refractivity contribution in [3.63, 3.8) is 0 Å². The average Bonchev–Trinajstić information content (AvgIpc) is 2.61. The van der Waals surface area contributed by atoms with Gasteiger partial charge in [-0.15, -0.1) is 0 Å². The summed E-state index contributed by atoms with van der Waals surface area (Å²) in [4.78, 5) is 10.7. The van der Waals surface area contributed by atoms with E-state index in [0.29, 0.717) is 6.54 Å². The molecule has 0 radical (unpaired) electrons. The van der Waals surface area contributed by atoms with Crippen molar-refractivity contribution in [3.8, 4) is 5.75 Å². The molecule has 2 aromatic rings.